The molecule has 2 heteroatoms. The van der Waals surface area contributed by atoms with Crippen LogP contribution in [0.3, 0.4) is 0 Å². The lowest BCUT2D eigenvalue weighted by Gasteiger charge is -2.31. The van der Waals surface area contributed by atoms with Gasteiger partial charge in [0.15, 0.2) is 0 Å². The van der Waals surface area contributed by atoms with Crippen molar-refractivity contribution in [3.63, 3.8) is 0 Å². The van der Waals surface area contributed by atoms with Crippen LogP contribution in [0.2, 0.25) is 0 Å². The molecule has 1 heterocycles. The minimum Gasteiger partial charge on any atom is -0.488 e. The van der Waals surface area contributed by atoms with Crippen molar-refractivity contribution in [2.45, 2.75) is 25.9 Å². The molecule has 0 saturated heterocycles. The summed E-state index contributed by atoms with van der Waals surface area (Å²) in [5.41, 5.74) is 0.518. The van der Waals surface area contributed by atoms with Crippen molar-refractivity contribution in [2.24, 2.45) is 0 Å². The number of halogens is 1. The third-order valence-electron chi connectivity index (χ3n) is 2.03. The Labute approximate surface area is 77.5 Å². The van der Waals surface area contributed by atoms with Gasteiger partial charge in [0.1, 0.15) is 17.2 Å². The van der Waals surface area contributed by atoms with Crippen LogP contribution in [-0.4, -0.2) is 5.60 Å². The van der Waals surface area contributed by atoms with Crippen LogP contribution in [0, 0.1) is 12.2 Å². The largest absolute Gasteiger partial charge is 0.488 e. The molecule has 0 aromatic heterocycles. The predicted octanol–water partition coefficient (Wildman–Crippen LogP) is 2.82. The third-order valence-corrected chi connectivity index (χ3v) is 2.03. The SMILES string of the molecule is CC1(C)C[C]c2cc(F)ccc2O1. The van der Waals surface area contributed by atoms with Crippen LogP contribution in [-0.2, 0) is 0 Å². The molecule has 2 radical (unpaired) electrons. The summed E-state index contributed by atoms with van der Waals surface area (Å²) >= 11 is 0. The van der Waals surface area contributed by atoms with Crippen LogP contribution >= 0.6 is 0 Å². The molecule has 0 N–H and O–H groups in total. The number of hydrogen-bond donors (Lipinski definition) is 0. The van der Waals surface area contributed by atoms with Gasteiger partial charge in [-0.1, -0.05) is 0 Å². The predicted molar refractivity (Wildman–Crippen MR) is 48.1 cm³/mol. The highest BCUT2D eigenvalue weighted by atomic mass is 19.1. The van der Waals surface area contributed by atoms with E-state index in [-0.39, 0.29) is 11.4 Å². The lowest BCUT2D eigenvalue weighted by Crippen LogP contribution is -2.31. The first-order chi connectivity index (χ1) is 6.07. The number of rotatable bonds is 0. The van der Waals surface area contributed by atoms with Crippen molar-refractivity contribution in [2.75, 3.05) is 0 Å². The number of ether oxygens (including phenoxy) is 1. The molecule has 13 heavy (non-hydrogen) atoms. The quantitative estimate of drug-likeness (QED) is 0.593. The molecule has 68 valence electrons. The summed E-state index contributed by atoms with van der Waals surface area (Å²) in [5, 5.41) is 0. The molecule has 0 unspecified atom stereocenters. The van der Waals surface area contributed by atoms with E-state index in [1.54, 1.807) is 6.07 Å². The molecule has 1 aliphatic rings. The Morgan fingerprint density at radius 1 is 1.46 bits per heavy atom. The van der Waals surface area contributed by atoms with Gasteiger partial charge in [-0.3, -0.25) is 0 Å². The van der Waals surface area contributed by atoms with E-state index in [4.69, 9.17) is 4.74 Å². The van der Waals surface area contributed by atoms with Crippen LogP contribution in [0.25, 0.3) is 0 Å². The van der Waals surface area contributed by atoms with Gasteiger partial charge in [0.25, 0.3) is 0 Å². The van der Waals surface area contributed by atoms with Crippen LogP contribution in [0.1, 0.15) is 25.8 Å². The molecule has 1 aromatic rings. The Morgan fingerprint density at radius 2 is 2.23 bits per heavy atom. The smallest absolute Gasteiger partial charge is 0.124 e. The summed E-state index contributed by atoms with van der Waals surface area (Å²) in [5.74, 6) is 0.479. The molecule has 0 atom stereocenters. The van der Waals surface area contributed by atoms with E-state index in [1.165, 1.54) is 12.1 Å². The molecule has 2 rings (SSSR count). The van der Waals surface area contributed by atoms with Crippen molar-refractivity contribution in [1.82, 2.24) is 0 Å². The fourth-order valence-corrected chi connectivity index (χ4v) is 1.37. The van der Waals surface area contributed by atoms with Crippen molar-refractivity contribution in [1.29, 1.82) is 0 Å². The van der Waals surface area contributed by atoms with E-state index in [0.29, 0.717) is 6.42 Å². The number of fused-ring (bicyclic) bond motifs is 1. The first-order valence-electron chi connectivity index (χ1n) is 4.29. The van der Waals surface area contributed by atoms with E-state index in [2.05, 4.69) is 6.42 Å². The summed E-state index contributed by atoms with van der Waals surface area (Å²) in [4.78, 5) is 0. The molecule has 0 bridgehead atoms. The normalized spacial score (nSPS) is 19.0. The van der Waals surface area contributed by atoms with Gasteiger partial charge in [-0.2, -0.15) is 0 Å². The van der Waals surface area contributed by atoms with Crippen LogP contribution in [0.4, 0.5) is 4.39 Å². The fraction of sp³-hybridized carbons (Fsp3) is 0.364. The average molecular weight is 178 g/mol. The summed E-state index contributed by atoms with van der Waals surface area (Å²) in [6.45, 7) is 3.98. The molecule has 0 amide bonds. The molecule has 0 aliphatic carbocycles. The van der Waals surface area contributed by atoms with Gasteiger partial charge in [0.05, 0.1) is 0 Å². The van der Waals surface area contributed by atoms with Gasteiger partial charge in [0, 0.05) is 12.0 Å². The van der Waals surface area contributed by atoms with E-state index >= 15 is 0 Å². The van der Waals surface area contributed by atoms with Gasteiger partial charge in [0.2, 0.25) is 0 Å². The zero-order valence-corrected chi connectivity index (χ0v) is 7.73. The minimum atomic E-state index is -0.241. The van der Waals surface area contributed by atoms with Crippen molar-refractivity contribution in [3.8, 4) is 5.75 Å². The maximum atomic E-state index is 12.8. The zero-order valence-electron chi connectivity index (χ0n) is 7.73. The Balaban J connectivity index is 2.37. The maximum absolute atomic E-state index is 12.8. The number of hydrogen-bond acceptors (Lipinski definition) is 1. The molecular weight excluding hydrogens is 167 g/mol. The summed E-state index contributed by atoms with van der Waals surface area (Å²) in [6, 6.07) is 4.51. The molecule has 1 aliphatic heterocycles. The second-order valence-corrected chi connectivity index (χ2v) is 3.86. The fourth-order valence-electron chi connectivity index (χ4n) is 1.37. The molecule has 0 saturated carbocycles. The van der Waals surface area contributed by atoms with E-state index in [9.17, 15) is 4.39 Å². The first kappa shape index (κ1) is 8.54. The van der Waals surface area contributed by atoms with Crippen LogP contribution in [0.5, 0.6) is 5.75 Å². The van der Waals surface area contributed by atoms with Crippen molar-refractivity contribution in [3.05, 3.63) is 36.0 Å². The molecule has 1 aromatic carbocycles. The highest BCUT2D eigenvalue weighted by molar-refractivity contribution is 5.41. The lowest BCUT2D eigenvalue weighted by atomic mass is 9.94. The molecule has 0 spiro atoms. The van der Waals surface area contributed by atoms with Crippen LogP contribution < -0.4 is 4.74 Å². The van der Waals surface area contributed by atoms with Gasteiger partial charge >= 0.3 is 0 Å². The standard InChI is InChI=1S/C11H11FO/c1-11(2)6-5-8-7-9(12)3-4-10(8)13-11/h3-4,7H,6H2,1-2H3. The third kappa shape index (κ3) is 1.67. The topological polar surface area (TPSA) is 9.23 Å². The first-order valence-corrected chi connectivity index (χ1v) is 4.29. The van der Waals surface area contributed by atoms with E-state index < -0.39 is 0 Å². The van der Waals surface area contributed by atoms with E-state index in [0.717, 1.165) is 11.3 Å². The summed E-state index contributed by atoms with van der Waals surface area (Å²) < 4.78 is 18.4. The second kappa shape index (κ2) is 2.72. The highest BCUT2D eigenvalue weighted by Crippen LogP contribution is 2.34. The maximum Gasteiger partial charge on any atom is 0.124 e. The lowest BCUT2D eigenvalue weighted by molar-refractivity contribution is 0.0985. The molecule has 1 nitrogen and oxygen atoms in total. The van der Waals surface area contributed by atoms with Gasteiger partial charge in [-0.05, 0) is 38.5 Å². The molecular formula is C11H11FO. The monoisotopic (exact) mass is 178 g/mol. The Morgan fingerprint density at radius 3 is 3.00 bits per heavy atom. The van der Waals surface area contributed by atoms with Crippen LogP contribution in [0.15, 0.2) is 18.2 Å². The number of benzene rings is 1. The Bertz CT molecular complexity index is 331. The zero-order chi connectivity index (χ0) is 9.47. The van der Waals surface area contributed by atoms with Crippen molar-refractivity contribution < 1.29 is 9.13 Å². The van der Waals surface area contributed by atoms with Crippen molar-refractivity contribution >= 4 is 0 Å². The second-order valence-electron chi connectivity index (χ2n) is 3.86. The van der Waals surface area contributed by atoms with Gasteiger partial charge in [-0.15, -0.1) is 0 Å². The van der Waals surface area contributed by atoms with Gasteiger partial charge in [-0.25, -0.2) is 4.39 Å². The van der Waals surface area contributed by atoms with E-state index in [1.807, 2.05) is 13.8 Å². The Kier molecular flexibility index (Phi) is 1.79. The van der Waals surface area contributed by atoms with Gasteiger partial charge < -0.3 is 4.74 Å². The molecule has 0 fully saturated rings. The average Bonchev–Trinajstić information content (AvgIpc) is 2.05. The summed E-state index contributed by atoms with van der Waals surface area (Å²) in [7, 11) is 0. The minimum absolute atomic E-state index is 0.217. The Hall–Kier alpha value is -1.05. The highest BCUT2D eigenvalue weighted by Gasteiger charge is 2.26. The summed E-state index contributed by atoms with van der Waals surface area (Å²) in [6.07, 6.45) is 3.83.